The molecule has 1 unspecified atom stereocenters. The van der Waals surface area contributed by atoms with Crippen molar-refractivity contribution in [3.8, 4) is 5.75 Å². The number of para-hydroxylation sites is 1. The molecule has 7 nitrogen and oxygen atoms in total. The Kier molecular flexibility index (Phi) is 5.68. The fraction of sp³-hybridized carbons (Fsp3) is 0.292. The molecule has 2 aliphatic heterocycles. The van der Waals surface area contributed by atoms with Crippen LogP contribution in [-0.4, -0.2) is 43.7 Å². The third kappa shape index (κ3) is 4.01. The molecule has 166 valence electrons. The van der Waals surface area contributed by atoms with Gasteiger partial charge in [-0.15, -0.1) is 0 Å². The van der Waals surface area contributed by atoms with Crippen LogP contribution < -0.4 is 26.0 Å². The normalized spacial score (nSPS) is 19.3. The van der Waals surface area contributed by atoms with Gasteiger partial charge in [-0.05, 0) is 31.0 Å². The zero-order valence-corrected chi connectivity index (χ0v) is 18.7. The lowest BCUT2D eigenvalue weighted by atomic mass is 10.1. The number of nitrogens with one attached hydrogen (secondary N) is 3. The molecular formula is C24H27ClN6O. The number of allylic oxidation sites excluding steroid dienone is 1. The van der Waals surface area contributed by atoms with E-state index in [2.05, 4.69) is 43.7 Å². The maximum Gasteiger partial charge on any atom is 0.194 e. The van der Waals surface area contributed by atoms with E-state index in [1.165, 1.54) is 0 Å². The zero-order valence-electron chi connectivity index (χ0n) is 17.9. The Morgan fingerprint density at radius 1 is 1.19 bits per heavy atom. The Balaban J connectivity index is 1.35. The number of aliphatic imine (C=N–C) groups is 1. The van der Waals surface area contributed by atoms with E-state index in [0.29, 0.717) is 11.1 Å². The molecule has 0 radical (unpaired) electrons. The maximum absolute atomic E-state index is 6.51. The van der Waals surface area contributed by atoms with Gasteiger partial charge in [0.05, 0.1) is 23.5 Å². The third-order valence-electron chi connectivity index (χ3n) is 6.10. The molecule has 1 aromatic heterocycles. The van der Waals surface area contributed by atoms with Crippen LogP contribution in [0.25, 0.3) is 16.6 Å². The topological polar surface area (TPSA) is 90.7 Å². The average molecular weight is 451 g/mol. The van der Waals surface area contributed by atoms with Crippen molar-refractivity contribution in [3.05, 3.63) is 59.3 Å². The maximum atomic E-state index is 6.51. The van der Waals surface area contributed by atoms with E-state index in [-0.39, 0.29) is 6.29 Å². The number of nitrogens with zero attached hydrogens (tertiary/aromatic N) is 2. The Bertz CT molecular complexity index is 1180. The van der Waals surface area contributed by atoms with Crippen molar-refractivity contribution in [2.24, 2.45) is 10.7 Å². The quantitative estimate of drug-likeness (QED) is 0.470. The van der Waals surface area contributed by atoms with Crippen molar-refractivity contribution in [2.75, 3.05) is 30.4 Å². The molecule has 0 saturated carbocycles. The second-order valence-electron chi connectivity index (χ2n) is 8.15. The summed E-state index contributed by atoms with van der Waals surface area (Å²) in [6.45, 7) is 1.92. The van der Waals surface area contributed by atoms with Gasteiger partial charge >= 0.3 is 0 Å². The molecule has 0 bridgehead atoms. The van der Waals surface area contributed by atoms with Crippen LogP contribution in [0.3, 0.4) is 0 Å². The lowest BCUT2D eigenvalue weighted by Crippen LogP contribution is -2.39. The highest BCUT2D eigenvalue weighted by Crippen LogP contribution is 2.33. The highest BCUT2D eigenvalue weighted by molar-refractivity contribution is 6.42. The van der Waals surface area contributed by atoms with Crippen LogP contribution in [0, 0.1) is 0 Å². The van der Waals surface area contributed by atoms with Gasteiger partial charge in [-0.2, -0.15) is 0 Å². The SMILES string of the molecule is COc1cc(N2CCC(N)CC2)ccc1NC1N=CC(Cl)=C(c2c[nH]c3ccccc23)N1. The fourth-order valence-electron chi connectivity index (χ4n) is 4.31. The summed E-state index contributed by atoms with van der Waals surface area (Å²) in [5.41, 5.74) is 10.9. The van der Waals surface area contributed by atoms with Gasteiger partial charge in [0.1, 0.15) is 5.75 Å². The van der Waals surface area contributed by atoms with Crippen molar-refractivity contribution < 1.29 is 4.74 Å². The fourth-order valence-corrected chi connectivity index (χ4v) is 4.52. The minimum absolute atomic E-state index is 0.301. The van der Waals surface area contributed by atoms with E-state index in [9.17, 15) is 0 Å². The summed E-state index contributed by atoms with van der Waals surface area (Å²) in [5, 5.41) is 8.51. The number of anilines is 2. The molecule has 5 N–H and O–H groups in total. The molecular weight excluding hydrogens is 424 g/mol. The predicted octanol–water partition coefficient (Wildman–Crippen LogP) is 4.08. The van der Waals surface area contributed by atoms with Gasteiger partial charge in [0, 0.05) is 59.8 Å². The Morgan fingerprint density at radius 3 is 2.81 bits per heavy atom. The summed E-state index contributed by atoms with van der Waals surface area (Å²) >= 11 is 6.51. The smallest absolute Gasteiger partial charge is 0.194 e. The number of halogens is 1. The number of methoxy groups -OCH3 is 1. The number of hydrogen-bond acceptors (Lipinski definition) is 6. The van der Waals surface area contributed by atoms with Crippen molar-refractivity contribution in [1.82, 2.24) is 10.3 Å². The Hall–Kier alpha value is -3.16. The number of nitrogens with two attached hydrogens (primary N) is 1. The number of benzene rings is 2. The van der Waals surface area contributed by atoms with Gasteiger partial charge < -0.3 is 31.0 Å². The molecule has 1 saturated heterocycles. The summed E-state index contributed by atoms with van der Waals surface area (Å²) in [4.78, 5) is 10.2. The van der Waals surface area contributed by atoms with Crippen LogP contribution in [-0.2, 0) is 0 Å². The largest absolute Gasteiger partial charge is 0.495 e. The van der Waals surface area contributed by atoms with E-state index in [1.54, 1.807) is 13.3 Å². The van der Waals surface area contributed by atoms with Crippen LogP contribution >= 0.6 is 11.6 Å². The van der Waals surface area contributed by atoms with E-state index >= 15 is 0 Å². The van der Waals surface area contributed by atoms with Gasteiger partial charge in [-0.1, -0.05) is 29.8 Å². The standard InChI is InChI=1S/C24H27ClN6O/c1-32-22-12-16(31-10-8-15(26)9-11-31)6-7-21(22)29-24-28-14-19(25)23(30-24)18-13-27-20-5-3-2-4-17(18)20/h2-7,12-15,24,27,29-30H,8-11,26H2,1H3. The molecule has 0 spiro atoms. The number of aromatic amines is 1. The number of hydrogen-bond donors (Lipinski definition) is 4. The van der Waals surface area contributed by atoms with Gasteiger partial charge in [-0.3, -0.25) is 0 Å². The first-order chi connectivity index (χ1) is 15.6. The van der Waals surface area contributed by atoms with Gasteiger partial charge in [-0.25, -0.2) is 4.99 Å². The molecule has 1 fully saturated rings. The van der Waals surface area contributed by atoms with Crippen molar-refractivity contribution in [2.45, 2.75) is 25.2 Å². The van der Waals surface area contributed by atoms with E-state index in [0.717, 1.165) is 65.2 Å². The summed E-state index contributed by atoms with van der Waals surface area (Å²) in [5.74, 6) is 0.767. The summed E-state index contributed by atoms with van der Waals surface area (Å²) in [6.07, 6.45) is 5.28. The van der Waals surface area contributed by atoms with Crippen LogP contribution in [0.5, 0.6) is 5.75 Å². The second kappa shape index (κ2) is 8.76. The number of fused-ring (bicyclic) bond motifs is 1. The lowest BCUT2D eigenvalue weighted by Gasteiger charge is -2.32. The van der Waals surface area contributed by atoms with Gasteiger partial charge in [0.2, 0.25) is 0 Å². The van der Waals surface area contributed by atoms with Crippen molar-refractivity contribution >= 4 is 45.8 Å². The molecule has 2 aliphatic rings. The number of piperidine rings is 1. The minimum atomic E-state index is -0.381. The minimum Gasteiger partial charge on any atom is -0.495 e. The van der Waals surface area contributed by atoms with Crippen molar-refractivity contribution in [1.29, 1.82) is 0 Å². The number of rotatable bonds is 5. The van der Waals surface area contributed by atoms with Crippen LogP contribution in [0.1, 0.15) is 18.4 Å². The van der Waals surface area contributed by atoms with Gasteiger partial charge in [0.15, 0.2) is 6.29 Å². The number of aromatic nitrogens is 1. The van der Waals surface area contributed by atoms with Crippen LogP contribution in [0.4, 0.5) is 11.4 Å². The molecule has 3 aromatic rings. The lowest BCUT2D eigenvalue weighted by molar-refractivity contribution is 0.415. The molecule has 1 atom stereocenters. The van der Waals surface area contributed by atoms with Crippen LogP contribution in [0.15, 0.2) is 58.7 Å². The monoisotopic (exact) mass is 450 g/mol. The van der Waals surface area contributed by atoms with E-state index in [1.807, 2.05) is 30.5 Å². The molecule has 5 rings (SSSR count). The van der Waals surface area contributed by atoms with E-state index < -0.39 is 0 Å². The molecule has 3 heterocycles. The summed E-state index contributed by atoms with van der Waals surface area (Å²) < 4.78 is 5.68. The summed E-state index contributed by atoms with van der Waals surface area (Å²) in [7, 11) is 1.68. The molecule has 2 aromatic carbocycles. The number of ether oxygens (including phenoxy) is 1. The molecule has 0 aliphatic carbocycles. The Labute approximate surface area is 192 Å². The summed E-state index contributed by atoms with van der Waals surface area (Å²) in [6, 6.07) is 14.6. The predicted molar refractivity (Wildman–Crippen MR) is 133 cm³/mol. The van der Waals surface area contributed by atoms with Crippen molar-refractivity contribution in [3.63, 3.8) is 0 Å². The third-order valence-corrected chi connectivity index (χ3v) is 6.38. The number of H-pyrrole nitrogens is 1. The molecule has 0 amide bonds. The first kappa shape index (κ1) is 20.7. The van der Waals surface area contributed by atoms with E-state index in [4.69, 9.17) is 22.1 Å². The first-order valence-electron chi connectivity index (χ1n) is 10.8. The average Bonchev–Trinajstić information content (AvgIpc) is 3.25. The molecule has 8 heteroatoms. The van der Waals surface area contributed by atoms with Gasteiger partial charge in [0.25, 0.3) is 0 Å². The first-order valence-corrected chi connectivity index (χ1v) is 11.2. The van der Waals surface area contributed by atoms with Crippen LogP contribution in [0.2, 0.25) is 0 Å². The Morgan fingerprint density at radius 2 is 2.00 bits per heavy atom. The second-order valence-corrected chi connectivity index (χ2v) is 8.56. The molecule has 32 heavy (non-hydrogen) atoms. The highest BCUT2D eigenvalue weighted by Gasteiger charge is 2.21. The zero-order chi connectivity index (χ0) is 22.1. The highest BCUT2D eigenvalue weighted by atomic mass is 35.5.